The van der Waals surface area contributed by atoms with E-state index in [0.29, 0.717) is 22.5 Å². The zero-order valence-electron chi connectivity index (χ0n) is 14.4. The molecule has 3 heterocycles. The van der Waals surface area contributed by atoms with Crippen molar-refractivity contribution in [1.29, 1.82) is 0 Å². The SMILES string of the molecule is C=c1nns/c1=c1\[nH][nH]c(=O)\c1=C/c1cn(C)c2cccc(OCC)c12. The third-order valence-electron chi connectivity index (χ3n) is 4.20. The van der Waals surface area contributed by atoms with Crippen molar-refractivity contribution in [2.45, 2.75) is 6.92 Å². The fourth-order valence-corrected chi connectivity index (χ4v) is 3.69. The van der Waals surface area contributed by atoms with Gasteiger partial charge in [-0.3, -0.25) is 15.0 Å². The first-order valence-corrected chi connectivity index (χ1v) is 8.88. The summed E-state index contributed by atoms with van der Waals surface area (Å²) >= 11 is 1.20. The van der Waals surface area contributed by atoms with Gasteiger partial charge in [0.05, 0.1) is 22.7 Å². The molecule has 0 aliphatic heterocycles. The Kier molecular flexibility index (Phi) is 3.96. The van der Waals surface area contributed by atoms with E-state index >= 15 is 0 Å². The van der Waals surface area contributed by atoms with Gasteiger partial charge in [0.2, 0.25) is 0 Å². The standard InChI is InChI=1S/C18H17N5O2S/c1-4-25-14-7-5-6-13-15(14)11(9-23(13)3)8-12-16(20-21-18(12)24)17-10(2)19-22-26-17/h5-9,20H,2,4H2,1,3H3,(H,21,24)/b12-8-,17-16-. The molecule has 26 heavy (non-hydrogen) atoms. The average Bonchev–Trinajstić information content (AvgIpc) is 3.29. The quantitative estimate of drug-likeness (QED) is 0.565. The van der Waals surface area contributed by atoms with E-state index in [1.54, 1.807) is 0 Å². The van der Waals surface area contributed by atoms with Crippen LogP contribution in [0.1, 0.15) is 12.5 Å². The van der Waals surface area contributed by atoms with Crippen LogP contribution in [0.15, 0.2) is 29.2 Å². The Hall–Kier alpha value is -3.13. The van der Waals surface area contributed by atoms with Crippen molar-refractivity contribution in [2.24, 2.45) is 7.05 Å². The number of nitrogens with zero attached hydrogens (tertiary/aromatic N) is 3. The molecule has 0 unspecified atom stereocenters. The van der Waals surface area contributed by atoms with Crippen LogP contribution in [0.5, 0.6) is 5.75 Å². The lowest BCUT2D eigenvalue weighted by Gasteiger charge is -2.05. The summed E-state index contributed by atoms with van der Waals surface area (Å²) in [5.74, 6) is 0.794. The van der Waals surface area contributed by atoms with Crippen molar-refractivity contribution in [3.8, 4) is 5.75 Å². The number of nitrogens with one attached hydrogen (secondary N) is 2. The van der Waals surface area contributed by atoms with E-state index in [-0.39, 0.29) is 5.56 Å². The van der Waals surface area contributed by atoms with Crippen molar-refractivity contribution in [1.82, 2.24) is 24.4 Å². The molecule has 0 radical (unpaired) electrons. The Bertz CT molecular complexity index is 1360. The lowest BCUT2D eigenvalue weighted by atomic mass is 10.1. The highest BCUT2D eigenvalue weighted by Crippen LogP contribution is 2.30. The molecule has 8 heteroatoms. The number of rotatable bonds is 3. The van der Waals surface area contributed by atoms with E-state index in [0.717, 1.165) is 26.7 Å². The van der Waals surface area contributed by atoms with Crippen LogP contribution in [0.4, 0.5) is 0 Å². The third kappa shape index (κ3) is 2.55. The molecule has 0 saturated carbocycles. The molecule has 0 bridgehead atoms. The zero-order valence-corrected chi connectivity index (χ0v) is 15.2. The summed E-state index contributed by atoms with van der Waals surface area (Å²) in [7, 11) is 1.97. The zero-order chi connectivity index (χ0) is 18.3. The number of aromatic amines is 2. The molecule has 132 valence electrons. The summed E-state index contributed by atoms with van der Waals surface area (Å²) < 4.78 is 12.4. The normalized spacial score (nSPS) is 13.5. The molecule has 0 saturated heterocycles. The molecule has 2 N–H and O–H groups in total. The average molecular weight is 367 g/mol. The predicted octanol–water partition coefficient (Wildman–Crippen LogP) is 0.971. The van der Waals surface area contributed by atoms with Gasteiger partial charge in [0.25, 0.3) is 5.56 Å². The van der Waals surface area contributed by atoms with Crippen molar-refractivity contribution >= 4 is 35.1 Å². The summed E-state index contributed by atoms with van der Waals surface area (Å²) in [5, 5.41) is 12.1. The van der Waals surface area contributed by atoms with Gasteiger partial charge in [0.1, 0.15) is 15.6 Å². The van der Waals surface area contributed by atoms with E-state index in [4.69, 9.17) is 4.74 Å². The van der Waals surface area contributed by atoms with E-state index < -0.39 is 0 Å². The van der Waals surface area contributed by atoms with Crippen LogP contribution >= 0.6 is 11.5 Å². The van der Waals surface area contributed by atoms with Gasteiger partial charge in [0, 0.05) is 24.2 Å². The second kappa shape index (κ2) is 6.30. The summed E-state index contributed by atoms with van der Waals surface area (Å²) in [5.41, 5.74) is 1.73. The summed E-state index contributed by atoms with van der Waals surface area (Å²) in [6.45, 7) is 6.39. The van der Waals surface area contributed by atoms with Crippen LogP contribution in [0.3, 0.4) is 0 Å². The molecule has 4 rings (SSSR count). The number of aryl methyl sites for hydroxylation is 1. The minimum Gasteiger partial charge on any atom is -0.493 e. The maximum Gasteiger partial charge on any atom is 0.271 e. The number of hydrogen-bond acceptors (Lipinski definition) is 5. The number of ether oxygens (including phenoxy) is 1. The molecule has 0 aliphatic rings. The lowest BCUT2D eigenvalue weighted by Crippen LogP contribution is -2.22. The minimum atomic E-state index is -0.210. The van der Waals surface area contributed by atoms with Crippen molar-refractivity contribution in [3.63, 3.8) is 0 Å². The summed E-state index contributed by atoms with van der Waals surface area (Å²) in [6.07, 6.45) is 3.84. The monoisotopic (exact) mass is 367 g/mol. The van der Waals surface area contributed by atoms with Crippen LogP contribution in [0, 0.1) is 9.88 Å². The van der Waals surface area contributed by atoms with Gasteiger partial charge in [0.15, 0.2) is 0 Å². The van der Waals surface area contributed by atoms with Gasteiger partial charge in [-0.15, -0.1) is 5.10 Å². The Morgan fingerprint density at radius 3 is 2.96 bits per heavy atom. The first kappa shape index (κ1) is 16.3. The van der Waals surface area contributed by atoms with Gasteiger partial charge < -0.3 is 9.30 Å². The maximum atomic E-state index is 12.4. The lowest BCUT2D eigenvalue weighted by molar-refractivity contribution is 0.344. The van der Waals surface area contributed by atoms with Gasteiger partial charge in [-0.2, -0.15) is 0 Å². The largest absolute Gasteiger partial charge is 0.493 e. The van der Waals surface area contributed by atoms with Crippen molar-refractivity contribution in [2.75, 3.05) is 6.61 Å². The van der Waals surface area contributed by atoms with E-state index in [1.165, 1.54) is 11.5 Å². The van der Waals surface area contributed by atoms with Crippen LogP contribution < -0.4 is 20.9 Å². The van der Waals surface area contributed by atoms with Crippen molar-refractivity contribution < 1.29 is 4.74 Å². The second-order valence-corrected chi connectivity index (χ2v) is 6.59. The highest BCUT2D eigenvalue weighted by molar-refractivity contribution is 7.03. The highest BCUT2D eigenvalue weighted by atomic mass is 32.1. The Balaban J connectivity index is 2.13. The fraction of sp³-hybridized carbons (Fsp3) is 0.167. The molecule has 0 aliphatic carbocycles. The third-order valence-corrected chi connectivity index (χ3v) is 4.99. The molecular formula is C18H17N5O2S. The van der Waals surface area contributed by atoms with Crippen LogP contribution in [0.2, 0.25) is 0 Å². The predicted molar refractivity (Wildman–Crippen MR) is 101 cm³/mol. The number of hydrogen-bond donors (Lipinski definition) is 2. The van der Waals surface area contributed by atoms with Crippen LogP contribution in [0.25, 0.3) is 23.6 Å². The molecule has 0 atom stereocenters. The first-order valence-electron chi connectivity index (χ1n) is 8.11. The molecule has 4 aromatic rings. The number of benzene rings is 1. The van der Waals surface area contributed by atoms with Crippen LogP contribution in [-0.4, -0.2) is 31.0 Å². The van der Waals surface area contributed by atoms with E-state index in [9.17, 15) is 4.79 Å². The highest BCUT2D eigenvalue weighted by Gasteiger charge is 2.11. The molecule has 0 amide bonds. The van der Waals surface area contributed by atoms with Gasteiger partial charge >= 0.3 is 0 Å². The topological polar surface area (TPSA) is 88.6 Å². The van der Waals surface area contributed by atoms with E-state index in [2.05, 4.69) is 26.4 Å². The molecule has 1 aromatic carbocycles. The van der Waals surface area contributed by atoms with E-state index in [1.807, 2.05) is 49.0 Å². The summed E-state index contributed by atoms with van der Waals surface area (Å²) in [6, 6.07) is 5.93. The maximum absolute atomic E-state index is 12.4. The van der Waals surface area contributed by atoms with Crippen LogP contribution in [-0.2, 0) is 7.05 Å². The summed E-state index contributed by atoms with van der Waals surface area (Å²) in [4.78, 5) is 12.4. The number of aromatic nitrogens is 5. The minimum absolute atomic E-state index is 0.210. The molecule has 0 spiro atoms. The first-order chi connectivity index (χ1) is 12.6. The van der Waals surface area contributed by atoms with Gasteiger partial charge in [-0.25, -0.2) is 0 Å². The van der Waals surface area contributed by atoms with Gasteiger partial charge in [-0.1, -0.05) is 17.1 Å². The second-order valence-electron chi connectivity index (χ2n) is 5.84. The van der Waals surface area contributed by atoms with Gasteiger partial charge in [-0.05, 0) is 36.7 Å². The number of fused-ring (bicyclic) bond motifs is 1. The molecule has 7 nitrogen and oxygen atoms in total. The molecular weight excluding hydrogens is 350 g/mol. The Labute approximate surface area is 151 Å². The smallest absolute Gasteiger partial charge is 0.271 e. The fourth-order valence-electron chi connectivity index (χ4n) is 3.07. The van der Waals surface area contributed by atoms with Crippen molar-refractivity contribution in [3.05, 3.63) is 60.8 Å². The Morgan fingerprint density at radius 1 is 1.38 bits per heavy atom. The number of H-pyrrole nitrogens is 2. The molecule has 3 aromatic heterocycles. The molecule has 0 fully saturated rings. The Morgan fingerprint density at radius 2 is 2.23 bits per heavy atom.